The molecular weight excluding hydrogens is 218 g/mol. The van der Waals surface area contributed by atoms with Gasteiger partial charge in [0, 0.05) is 19.7 Å². The van der Waals surface area contributed by atoms with Gasteiger partial charge in [0.05, 0.1) is 19.3 Å². The van der Waals surface area contributed by atoms with Gasteiger partial charge in [0.1, 0.15) is 0 Å². The highest BCUT2D eigenvalue weighted by Crippen LogP contribution is 2.05. The van der Waals surface area contributed by atoms with Crippen LogP contribution < -0.4 is 5.32 Å². The van der Waals surface area contributed by atoms with Crippen LogP contribution in [0.15, 0.2) is 24.3 Å². The van der Waals surface area contributed by atoms with Gasteiger partial charge in [-0.1, -0.05) is 12.1 Å². The molecule has 0 aliphatic heterocycles. The Morgan fingerprint density at radius 2 is 1.94 bits per heavy atom. The molecule has 0 fully saturated rings. The first kappa shape index (κ1) is 13.7. The van der Waals surface area contributed by atoms with Crippen LogP contribution in [0.25, 0.3) is 0 Å². The molecule has 4 heteroatoms. The van der Waals surface area contributed by atoms with E-state index < -0.39 is 0 Å². The highest BCUT2D eigenvalue weighted by molar-refractivity contribution is 5.89. The Hall–Kier alpha value is -1.39. The Bertz CT molecular complexity index is 348. The van der Waals surface area contributed by atoms with Crippen molar-refractivity contribution in [2.75, 3.05) is 20.8 Å². The number of ether oxygens (including phenoxy) is 2. The van der Waals surface area contributed by atoms with Crippen molar-refractivity contribution in [3.63, 3.8) is 0 Å². The fourth-order valence-electron chi connectivity index (χ4n) is 1.48. The van der Waals surface area contributed by atoms with Crippen LogP contribution in [0.5, 0.6) is 0 Å². The second-order valence-electron chi connectivity index (χ2n) is 3.93. The number of methoxy groups -OCH3 is 2. The van der Waals surface area contributed by atoms with Gasteiger partial charge in [-0.2, -0.15) is 0 Å². The molecule has 0 bridgehead atoms. The van der Waals surface area contributed by atoms with Gasteiger partial charge >= 0.3 is 5.97 Å². The number of rotatable bonds is 6. The molecule has 0 radical (unpaired) electrons. The molecular formula is C13H19NO3. The lowest BCUT2D eigenvalue weighted by Crippen LogP contribution is -2.29. The van der Waals surface area contributed by atoms with E-state index in [2.05, 4.69) is 17.0 Å². The lowest BCUT2D eigenvalue weighted by molar-refractivity contribution is 0.0600. The number of benzene rings is 1. The predicted octanol–water partition coefficient (Wildman–Crippen LogP) is 1.60. The molecule has 0 amide bonds. The van der Waals surface area contributed by atoms with Gasteiger partial charge in [-0.25, -0.2) is 4.79 Å². The van der Waals surface area contributed by atoms with Crippen molar-refractivity contribution in [2.45, 2.75) is 19.5 Å². The molecule has 0 heterocycles. The molecule has 0 spiro atoms. The summed E-state index contributed by atoms with van der Waals surface area (Å²) in [6, 6.07) is 7.67. The van der Waals surface area contributed by atoms with Crippen molar-refractivity contribution < 1.29 is 14.3 Å². The first-order chi connectivity index (χ1) is 8.17. The van der Waals surface area contributed by atoms with Gasteiger partial charge in [0.2, 0.25) is 0 Å². The molecule has 0 unspecified atom stereocenters. The van der Waals surface area contributed by atoms with Crippen molar-refractivity contribution >= 4 is 5.97 Å². The average Bonchev–Trinajstić information content (AvgIpc) is 2.36. The molecule has 4 nitrogen and oxygen atoms in total. The maximum atomic E-state index is 11.2. The molecule has 0 saturated carbocycles. The van der Waals surface area contributed by atoms with E-state index in [1.165, 1.54) is 7.11 Å². The van der Waals surface area contributed by atoms with Gasteiger partial charge in [-0.05, 0) is 24.6 Å². The van der Waals surface area contributed by atoms with Crippen LogP contribution in [0.2, 0.25) is 0 Å². The summed E-state index contributed by atoms with van der Waals surface area (Å²) in [5.74, 6) is -0.308. The number of hydrogen-bond acceptors (Lipinski definition) is 4. The monoisotopic (exact) mass is 237 g/mol. The van der Waals surface area contributed by atoms with E-state index in [-0.39, 0.29) is 5.97 Å². The average molecular weight is 237 g/mol. The summed E-state index contributed by atoms with van der Waals surface area (Å²) in [7, 11) is 3.06. The molecule has 1 aromatic carbocycles. The maximum Gasteiger partial charge on any atom is 0.337 e. The molecule has 1 atom stereocenters. The van der Waals surface area contributed by atoms with Crippen LogP contribution in [0.4, 0.5) is 0 Å². The normalized spacial score (nSPS) is 12.2. The van der Waals surface area contributed by atoms with E-state index in [0.29, 0.717) is 18.2 Å². The second kappa shape index (κ2) is 7.04. The van der Waals surface area contributed by atoms with E-state index in [9.17, 15) is 4.79 Å². The first-order valence-electron chi connectivity index (χ1n) is 5.57. The Kier molecular flexibility index (Phi) is 5.66. The fourth-order valence-corrected chi connectivity index (χ4v) is 1.48. The minimum Gasteiger partial charge on any atom is -0.465 e. The van der Waals surface area contributed by atoms with E-state index >= 15 is 0 Å². The third kappa shape index (κ3) is 4.54. The zero-order valence-electron chi connectivity index (χ0n) is 10.5. The molecule has 0 aliphatic carbocycles. The topological polar surface area (TPSA) is 47.6 Å². The summed E-state index contributed by atoms with van der Waals surface area (Å²) < 4.78 is 9.67. The molecule has 0 saturated heterocycles. The lowest BCUT2D eigenvalue weighted by atomic mass is 10.1. The number of carbonyl (C=O) groups excluding carboxylic acids is 1. The van der Waals surface area contributed by atoms with Crippen molar-refractivity contribution in [3.8, 4) is 0 Å². The van der Waals surface area contributed by atoms with Crippen LogP contribution in [-0.2, 0) is 16.0 Å². The van der Waals surface area contributed by atoms with E-state index in [0.717, 1.165) is 12.1 Å². The molecule has 17 heavy (non-hydrogen) atoms. The minimum absolute atomic E-state index is 0.306. The lowest BCUT2D eigenvalue weighted by Gasteiger charge is -2.12. The Labute approximate surface area is 102 Å². The Balaban J connectivity index is 2.48. The van der Waals surface area contributed by atoms with Crippen molar-refractivity contribution in [1.29, 1.82) is 0 Å². The molecule has 0 aliphatic rings. The smallest absolute Gasteiger partial charge is 0.337 e. The number of nitrogens with one attached hydrogen (secondary N) is 1. The van der Waals surface area contributed by atoms with Crippen molar-refractivity contribution in [2.24, 2.45) is 0 Å². The van der Waals surface area contributed by atoms with Crippen LogP contribution >= 0.6 is 0 Å². The van der Waals surface area contributed by atoms with Crippen molar-refractivity contribution in [1.82, 2.24) is 5.32 Å². The summed E-state index contributed by atoms with van der Waals surface area (Å²) in [5, 5.41) is 3.32. The summed E-state index contributed by atoms with van der Waals surface area (Å²) in [6.45, 7) is 3.50. The first-order valence-corrected chi connectivity index (χ1v) is 5.57. The molecule has 1 N–H and O–H groups in total. The van der Waals surface area contributed by atoms with Gasteiger partial charge in [0.15, 0.2) is 0 Å². The van der Waals surface area contributed by atoms with Crippen LogP contribution in [-0.4, -0.2) is 32.8 Å². The number of hydrogen-bond donors (Lipinski definition) is 1. The van der Waals surface area contributed by atoms with E-state index in [1.807, 2.05) is 12.1 Å². The van der Waals surface area contributed by atoms with Gasteiger partial charge in [-0.15, -0.1) is 0 Å². The predicted molar refractivity (Wildman–Crippen MR) is 66.0 cm³/mol. The third-order valence-corrected chi connectivity index (χ3v) is 2.45. The van der Waals surface area contributed by atoms with Crippen LogP contribution in [0.3, 0.4) is 0 Å². The maximum absolute atomic E-state index is 11.2. The van der Waals surface area contributed by atoms with Crippen LogP contribution in [0.1, 0.15) is 22.8 Å². The molecule has 0 aromatic heterocycles. The second-order valence-corrected chi connectivity index (χ2v) is 3.93. The third-order valence-electron chi connectivity index (χ3n) is 2.45. The standard InChI is InChI=1S/C13H19NO3/c1-10(9-16-2)14-8-11-4-6-12(7-5-11)13(15)17-3/h4-7,10,14H,8-9H2,1-3H3/t10-/m1/s1. The quantitative estimate of drug-likeness (QED) is 0.763. The zero-order valence-corrected chi connectivity index (χ0v) is 10.5. The fraction of sp³-hybridized carbons (Fsp3) is 0.462. The number of esters is 1. The molecule has 94 valence electrons. The molecule has 1 aromatic rings. The van der Waals surface area contributed by atoms with Crippen LogP contribution in [0, 0.1) is 0 Å². The van der Waals surface area contributed by atoms with E-state index in [1.54, 1.807) is 19.2 Å². The van der Waals surface area contributed by atoms with Crippen molar-refractivity contribution in [3.05, 3.63) is 35.4 Å². The van der Waals surface area contributed by atoms with Gasteiger partial charge in [0.25, 0.3) is 0 Å². The SMILES string of the molecule is COC[C@@H](C)NCc1ccc(C(=O)OC)cc1. The largest absolute Gasteiger partial charge is 0.465 e. The zero-order chi connectivity index (χ0) is 12.7. The Morgan fingerprint density at radius 3 is 2.47 bits per heavy atom. The highest BCUT2D eigenvalue weighted by atomic mass is 16.5. The van der Waals surface area contributed by atoms with Gasteiger partial charge < -0.3 is 14.8 Å². The summed E-state index contributed by atoms with van der Waals surface area (Å²) in [4.78, 5) is 11.2. The minimum atomic E-state index is -0.308. The van der Waals surface area contributed by atoms with Gasteiger partial charge in [-0.3, -0.25) is 0 Å². The summed E-state index contributed by atoms with van der Waals surface area (Å²) in [6.07, 6.45) is 0. The highest BCUT2D eigenvalue weighted by Gasteiger charge is 2.05. The Morgan fingerprint density at radius 1 is 1.29 bits per heavy atom. The number of carbonyl (C=O) groups is 1. The molecule has 1 rings (SSSR count). The summed E-state index contributed by atoms with van der Waals surface area (Å²) in [5.41, 5.74) is 1.70. The van der Waals surface area contributed by atoms with E-state index in [4.69, 9.17) is 4.74 Å². The summed E-state index contributed by atoms with van der Waals surface area (Å²) >= 11 is 0.